The third-order valence-corrected chi connectivity index (χ3v) is 4.57. The fraction of sp³-hybridized carbons (Fsp3) is 0.294. The smallest absolute Gasteiger partial charge is 0.130 e. The molecule has 116 valence electrons. The van der Waals surface area contributed by atoms with Gasteiger partial charge in [-0.2, -0.15) is 0 Å². The van der Waals surface area contributed by atoms with E-state index in [2.05, 4.69) is 5.32 Å². The van der Waals surface area contributed by atoms with Crippen LogP contribution in [-0.4, -0.2) is 19.7 Å². The molecule has 1 N–H and O–H groups in total. The number of aryl methyl sites for hydroxylation is 1. The largest absolute Gasteiger partial charge is 0.488 e. The maximum Gasteiger partial charge on any atom is 0.130 e. The predicted octanol–water partition coefficient (Wildman–Crippen LogP) is 5.23. The van der Waals surface area contributed by atoms with Crippen molar-refractivity contribution < 1.29 is 4.74 Å². The van der Waals surface area contributed by atoms with Crippen molar-refractivity contribution in [1.82, 2.24) is 5.32 Å². The molecule has 1 aliphatic heterocycles. The zero-order valence-electron chi connectivity index (χ0n) is 12.1. The summed E-state index contributed by atoms with van der Waals surface area (Å²) in [6, 6.07) is 9.34. The molecule has 0 fully saturated rings. The second kappa shape index (κ2) is 6.67. The van der Waals surface area contributed by atoms with E-state index in [1.807, 2.05) is 31.3 Å². The molecule has 2 aromatic rings. The van der Waals surface area contributed by atoms with Gasteiger partial charge in [0, 0.05) is 27.7 Å². The zero-order chi connectivity index (χ0) is 15.7. The van der Waals surface area contributed by atoms with Gasteiger partial charge in [0.05, 0.1) is 5.02 Å². The minimum atomic E-state index is 0.156. The first-order chi connectivity index (χ1) is 10.6. The van der Waals surface area contributed by atoms with Crippen LogP contribution in [0.25, 0.3) is 11.1 Å². The summed E-state index contributed by atoms with van der Waals surface area (Å²) in [5.74, 6) is 0.875. The van der Waals surface area contributed by atoms with Crippen LogP contribution in [0.4, 0.5) is 0 Å². The molecule has 0 radical (unpaired) electrons. The van der Waals surface area contributed by atoms with Gasteiger partial charge in [0.15, 0.2) is 0 Å². The maximum atomic E-state index is 6.36. The average Bonchev–Trinajstić information content (AvgIpc) is 2.47. The number of nitrogens with one attached hydrogen (secondary N) is 1. The van der Waals surface area contributed by atoms with Gasteiger partial charge in [-0.3, -0.25) is 0 Å². The molecular weight excluding hydrogens is 341 g/mol. The fourth-order valence-corrected chi connectivity index (χ4v) is 3.55. The standard InChI is InChI=1S/C17H16Cl3NO/c1-21-9-13-4-2-10-6-12(19)7-15(17(10)22-13)14-5-3-11(18)8-16(14)20/h3,5-8,13,21H,2,4,9H2,1H3/t13-/m1/s1. The van der Waals surface area contributed by atoms with E-state index < -0.39 is 0 Å². The Morgan fingerprint density at radius 1 is 1.09 bits per heavy atom. The SMILES string of the molecule is CNC[C@H]1CCc2cc(Cl)cc(-c3ccc(Cl)cc3Cl)c2O1. The highest BCUT2D eigenvalue weighted by molar-refractivity contribution is 6.36. The highest BCUT2D eigenvalue weighted by Gasteiger charge is 2.24. The topological polar surface area (TPSA) is 21.3 Å². The first-order valence-electron chi connectivity index (χ1n) is 7.17. The molecule has 0 amide bonds. The van der Waals surface area contributed by atoms with Crippen LogP contribution in [0.3, 0.4) is 0 Å². The van der Waals surface area contributed by atoms with Gasteiger partial charge >= 0.3 is 0 Å². The summed E-state index contributed by atoms with van der Waals surface area (Å²) in [4.78, 5) is 0. The molecular formula is C17H16Cl3NO. The lowest BCUT2D eigenvalue weighted by atomic mass is 9.95. The number of likely N-dealkylation sites (N-methyl/N-ethyl adjacent to an activating group) is 1. The summed E-state index contributed by atoms with van der Waals surface area (Å²) in [7, 11) is 1.93. The van der Waals surface area contributed by atoms with Gasteiger partial charge in [0.2, 0.25) is 0 Å². The van der Waals surface area contributed by atoms with E-state index in [9.17, 15) is 0 Å². The van der Waals surface area contributed by atoms with Crippen LogP contribution < -0.4 is 10.1 Å². The molecule has 0 aliphatic carbocycles. The molecule has 1 atom stereocenters. The van der Waals surface area contributed by atoms with E-state index >= 15 is 0 Å². The third kappa shape index (κ3) is 3.21. The number of ether oxygens (including phenoxy) is 1. The first-order valence-corrected chi connectivity index (χ1v) is 8.31. The summed E-state index contributed by atoms with van der Waals surface area (Å²) in [6.07, 6.45) is 2.08. The van der Waals surface area contributed by atoms with E-state index in [4.69, 9.17) is 39.5 Å². The van der Waals surface area contributed by atoms with Gasteiger partial charge in [-0.05, 0) is 49.7 Å². The molecule has 3 rings (SSSR count). The molecule has 0 unspecified atom stereocenters. The second-order valence-corrected chi connectivity index (χ2v) is 6.68. The normalized spacial score (nSPS) is 17.0. The van der Waals surface area contributed by atoms with Crippen molar-refractivity contribution in [3.63, 3.8) is 0 Å². The van der Waals surface area contributed by atoms with Crippen LogP contribution in [0, 0.1) is 0 Å². The van der Waals surface area contributed by atoms with Crippen molar-refractivity contribution in [2.45, 2.75) is 18.9 Å². The van der Waals surface area contributed by atoms with Crippen LogP contribution in [0.15, 0.2) is 30.3 Å². The molecule has 2 nitrogen and oxygen atoms in total. The van der Waals surface area contributed by atoms with Gasteiger partial charge in [-0.25, -0.2) is 0 Å². The summed E-state index contributed by atoms with van der Waals surface area (Å²) in [6.45, 7) is 0.815. The summed E-state index contributed by atoms with van der Waals surface area (Å²) >= 11 is 18.6. The predicted molar refractivity (Wildman–Crippen MR) is 93.6 cm³/mol. The number of fused-ring (bicyclic) bond motifs is 1. The maximum absolute atomic E-state index is 6.36. The van der Waals surface area contributed by atoms with Crippen molar-refractivity contribution in [2.24, 2.45) is 0 Å². The molecule has 1 heterocycles. The minimum Gasteiger partial charge on any atom is -0.488 e. The quantitative estimate of drug-likeness (QED) is 0.813. The van der Waals surface area contributed by atoms with Crippen LogP contribution in [0.5, 0.6) is 5.75 Å². The van der Waals surface area contributed by atoms with Crippen LogP contribution in [0.1, 0.15) is 12.0 Å². The lowest BCUT2D eigenvalue weighted by molar-refractivity contribution is 0.174. The number of hydrogen-bond donors (Lipinski definition) is 1. The number of rotatable bonds is 3. The van der Waals surface area contributed by atoms with E-state index in [1.165, 1.54) is 0 Å². The molecule has 0 saturated carbocycles. The molecule has 2 aromatic carbocycles. The van der Waals surface area contributed by atoms with Crippen molar-refractivity contribution in [2.75, 3.05) is 13.6 Å². The van der Waals surface area contributed by atoms with Crippen molar-refractivity contribution in [3.05, 3.63) is 51.0 Å². The van der Waals surface area contributed by atoms with Crippen molar-refractivity contribution >= 4 is 34.8 Å². The van der Waals surface area contributed by atoms with Crippen LogP contribution in [-0.2, 0) is 6.42 Å². The van der Waals surface area contributed by atoms with Gasteiger partial charge in [0.25, 0.3) is 0 Å². The number of hydrogen-bond acceptors (Lipinski definition) is 2. The monoisotopic (exact) mass is 355 g/mol. The molecule has 0 spiro atoms. The highest BCUT2D eigenvalue weighted by Crippen LogP contribution is 2.42. The lowest BCUT2D eigenvalue weighted by Gasteiger charge is -2.28. The van der Waals surface area contributed by atoms with Gasteiger partial charge in [-0.1, -0.05) is 40.9 Å². The highest BCUT2D eigenvalue weighted by atomic mass is 35.5. The Balaban J connectivity index is 2.10. The van der Waals surface area contributed by atoms with Gasteiger partial charge in [0.1, 0.15) is 11.9 Å². The molecule has 0 saturated heterocycles. The van der Waals surface area contributed by atoms with Crippen molar-refractivity contribution in [1.29, 1.82) is 0 Å². The fourth-order valence-electron chi connectivity index (χ4n) is 2.80. The summed E-state index contributed by atoms with van der Waals surface area (Å²) in [5.41, 5.74) is 2.93. The summed E-state index contributed by atoms with van der Waals surface area (Å²) in [5, 5.41) is 5.06. The Morgan fingerprint density at radius 3 is 2.64 bits per heavy atom. The second-order valence-electron chi connectivity index (χ2n) is 5.40. The Hall–Kier alpha value is -0.930. The van der Waals surface area contributed by atoms with Gasteiger partial charge in [-0.15, -0.1) is 0 Å². The van der Waals surface area contributed by atoms with Crippen LogP contribution in [0.2, 0.25) is 15.1 Å². The molecule has 5 heteroatoms. The molecule has 0 bridgehead atoms. The third-order valence-electron chi connectivity index (χ3n) is 3.80. The Morgan fingerprint density at radius 2 is 1.91 bits per heavy atom. The van der Waals surface area contributed by atoms with E-state index in [-0.39, 0.29) is 6.10 Å². The Kier molecular flexibility index (Phi) is 4.84. The summed E-state index contributed by atoms with van der Waals surface area (Å²) < 4.78 is 6.19. The molecule has 0 aromatic heterocycles. The average molecular weight is 357 g/mol. The van der Waals surface area contributed by atoms with Gasteiger partial charge < -0.3 is 10.1 Å². The Labute approximate surface area is 145 Å². The zero-order valence-corrected chi connectivity index (χ0v) is 14.4. The van der Waals surface area contributed by atoms with Crippen molar-refractivity contribution in [3.8, 4) is 16.9 Å². The number of benzene rings is 2. The first kappa shape index (κ1) is 15.9. The molecule has 1 aliphatic rings. The molecule has 22 heavy (non-hydrogen) atoms. The lowest BCUT2D eigenvalue weighted by Crippen LogP contribution is -2.32. The van der Waals surface area contributed by atoms with E-state index in [0.717, 1.165) is 41.8 Å². The minimum absolute atomic E-state index is 0.156. The number of halogens is 3. The van der Waals surface area contributed by atoms with E-state index in [0.29, 0.717) is 15.1 Å². The van der Waals surface area contributed by atoms with Crippen LogP contribution >= 0.6 is 34.8 Å². The van der Waals surface area contributed by atoms with E-state index in [1.54, 1.807) is 6.07 Å². The Bertz CT molecular complexity index is 703.